The first kappa shape index (κ1) is 15.9. The van der Waals surface area contributed by atoms with Crippen molar-refractivity contribution in [3.63, 3.8) is 0 Å². The standard InChI is InChI=1S/C19H20N4O2/c1-12(14-3-4-17-15(7-14)5-6-21-23-17)10-20-13(2)22-18(24)19-8-16(9-19)25-11-19/h3-7,10,16H,8-9,11H2,1-2H3,(H,20,22,24)/b12-10+. The van der Waals surface area contributed by atoms with Crippen LogP contribution in [0.4, 0.5) is 0 Å². The molecule has 3 fully saturated rings. The van der Waals surface area contributed by atoms with E-state index < -0.39 is 0 Å². The van der Waals surface area contributed by atoms with E-state index in [1.807, 2.05) is 25.1 Å². The molecule has 0 atom stereocenters. The van der Waals surface area contributed by atoms with Gasteiger partial charge in [-0.2, -0.15) is 10.2 Å². The number of hydrogen-bond acceptors (Lipinski definition) is 5. The van der Waals surface area contributed by atoms with Crippen molar-refractivity contribution in [1.82, 2.24) is 15.5 Å². The van der Waals surface area contributed by atoms with Gasteiger partial charge in [-0.25, -0.2) is 4.99 Å². The summed E-state index contributed by atoms with van der Waals surface area (Å²) in [5.74, 6) is 0.624. The topological polar surface area (TPSA) is 76.5 Å². The number of hydrogen-bond donors (Lipinski definition) is 1. The van der Waals surface area contributed by atoms with Gasteiger partial charge in [0, 0.05) is 11.6 Å². The van der Waals surface area contributed by atoms with Crippen molar-refractivity contribution in [1.29, 1.82) is 0 Å². The third kappa shape index (κ3) is 2.93. The van der Waals surface area contributed by atoms with Crippen LogP contribution in [0.15, 0.2) is 41.7 Å². The van der Waals surface area contributed by atoms with Crippen LogP contribution in [-0.4, -0.2) is 34.7 Å². The van der Waals surface area contributed by atoms with E-state index in [0.717, 1.165) is 34.9 Å². The van der Waals surface area contributed by atoms with Gasteiger partial charge >= 0.3 is 0 Å². The van der Waals surface area contributed by atoms with E-state index in [-0.39, 0.29) is 17.4 Å². The second-order valence-electron chi connectivity index (χ2n) is 6.91. The van der Waals surface area contributed by atoms with Crippen molar-refractivity contribution in [3.8, 4) is 0 Å². The van der Waals surface area contributed by atoms with Crippen LogP contribution < -0.4 is 5.32 Å². The smallest absolute Gasteiger partial charge is 0.234 e. The molecule has 0 radical (unpaired) electrons. The maximum Gasteiger partial charge on any atom is 0.234 e. The minimum absolute atomic E-state index is 0.0258. The Balaban J connectivity index is 1.47. The van der Waals surface area contributed by atoms with E-state index >= 15 is 0 Å². The van der Waals surface area contributed by atoms with Gasteiger partial charge in [0.25, 0.3) is 0 Å². The summed E-state index contributed by atoms with van der Waals surface area (Å²) in [7, 11) is 0. The highest BCUT2D eigenvalue weighted by Gasteiger charge is 2.57. The number of carbonyl (C=O) groups is 1. The number of carbonyl (C=O) groups excluding carboxylic acids is 1. The Labute approximate surface area is 146 Å². The fourth-order valence-electron chi connectivity index (χ4n) is 3.41. The summed E-state index contributed by atoms with van der Waals surface area (Å²) in [5.41, 5.74) is 2.62. The Hall–Kier alpha value is -2.60. The fraction of sp³-hybridized carbons (Fsp3) is 0.368. The number of amidine groups is 1. The highest BCUT2D eigenvalue weighted by molar-refractivity contribution is 6.00. The molecule has 2 aliphatic heterocycles. The number of nitrogens with zero attached hydrogens (tertiary/aromatic N) is 3. The van der Waals surface area contributed by atoms with Crippen molar-refractivity contribution < 1.29 is 9.53 Å². The van der Waals surface area contributed by atoms with Gasteiger partial charge in [0.05, 0.1) is 29.8 Å². The van der Waals surface area contributed by atoms with Gasteiger partial charge in [-0.3, -0.25) is 4.79 Å². The Kier molecular flexibility index (Phi) is 3.84. The average Bonchev–Trinajstić information content (AvgIpc) is 3.21. The van der Waals surface area contributed by atoms with Crippen LogP contribution in [0.25, 0.3) is 16.5 Å². The summed E-state index contributed by atoms with van der Waals surface area (Å²) in [5, 5.41) is 11.9. The molecule has 3 aliphatic rings. The van der Waals surface area contributed by atoms with E-state index in [1.165, 1.54) is 0 Å². The third-order valence-electron chi connectivity index (χ3n) is 5.03. The molecule has 6 heteroatoms. The molecule has 25 heavy (non-hydrogen) atoms. The SMILES string of the molecule is CC(=N/C=C(\C)c1ccc2nnccc2c1)NC(=O)C12COC(C1)C2. The summed E-state index contributed by atoms with van der Waals surface area (Å²) in [6, 6.07) is 7.93. The lowest BCUT2D eigenvalue weighted by atomic mass is 9.69. The Morgan fingerprint density at radius 1 is 1.36 bits per heavy atom. The Bertz CT molecular complexity index is 892. The average molecular weight is 336 g/mol. The molecule has 1 aliphatic carbocycles. The molecule has 1 saturated carbocycles. The number of allylic oxidation sites excluding steroid dienone is 1. The van der Waals surface area contributed by atoms with E-state index in [9.17, 15) is 4.79 Å². The van der Waals surface area contributed by atoms with E-state index in [2.05, 4.69) is 26.6 Å². The zero-order valence-electron chi connectivity index (χ0n) is 14.3. The van der Waals surface area contributed by atoms with Crippen LogP contribution in [0.1, 0.15) is 32.3 Å². The van der Waals surface area contributed by atoms with Crippen molar-refractivity contribution >= 4 is 28.2 Å². The molecular formula is C19H20N4O2. The largest absolute Gasteiger partial charge is 0.377 e. The number of nitrogens with one attached hydrogen (secondary N) is 1. The molecule has 2 saturated heterocycles. The van der Waals surface area contributed by atoms with Gasteiger partial charge in [-0.1, -0.05) is 6.07 Å². The normalized spacial score (nSPS) is 25.8. The molecule has 2 bridgehead atoms. The second-order valence-corrected chi connectivity index (χ2v) is 6.91. The summed E-state index contributed by atoms with van der Waals surface area (Å²) >= 11 is 0. The van der Waals surface area contributed by atoms with Crippen LogP contribution in [-0.2, 0) is 9.53 Å². The van der Waals surface area contributed by atoms with Crippen LogP contribution in [0.3, 0.4) is 0 Å². The van der Waals surface area contributed by atoms with Crippen LogP contribution >= 0.6 is 0 Å². The summed E-state index contributed by atoms with van der Waals surface area (Å²) in [6.45, 7) is 4.33. The number of fused-ring (bicyclic) bond motifs is 2. The predicted molar refractivity (Wildman–Crippen MR) is 95.8 cm³/mol. The predicted octanol–water partition coefficient (Wildman–Crippen LogP) is 2.70. The number of aliphatic imine (C=N–C) groups is 1. The van der Waals surface area contributed by atoms with Crippen molar-refractivity contribution in [2.24, 2.45) is 10.4 Å². The molecule has 5 rings (SSSR count). The van der Waals surface area contributed by atoms with Crippen molar-refractivity contribution in [3.05, 3.63) is 42.2 Å². The van der Waals surface area contributed by atoms with Gasteiger partial charge in [0.15, 0.2) is 0 Å². The summed E-state index contributed by atoms with van der Waals surface area (Å²) in [4.78, 5) is 16.8. The minimum atomic E-state index is -0.320. The second kappa shape index (κ2) is 6.04. The number of rotatable bonds is 3. The quantitative estimate of drug-likeness (QED) is 0.691. The van der Waals surface area contributed by atoms with Gasteiger partial charge in [-0.15, -0.1) is 0 Å². The van der Waals surface area contributed by atoms with Gasteiger partial charge in [-0.05, 0) is 56.0 Å². The van der Waals surface area contributed by atoms with E-state index in [4.69, 9.17) is 4.74 Å². The lowest BCUT2D eigenvalue weighted by molar-refractivity contribution is -0.131. The zero-order chi connectivity index (χ0) is 17.4. The molecule has 128 valence electrons. The minimum Gasteiger partial charge on any atom is -0.377 e. The molecule has 6 nitrogen and oxygen atoms in total. The van der Waals surface area contributed by atoms with E-state index in [1.54, 1.807) is 19.3 Å². The number of amides is 1. The molecule has 2 aromatic rings. The summed E-state index contributed by atoms with van der Waals surface area (Å²) < 4.78 is 5.50. The maximum atomic E-state index is 12.4. The van der Waals surface area contributed by atoms with Gasteiger partial charge in [0.2, 0.25) is 5.91 Å². The fourth-order valence-corrected chi connectivity index (χ4v) is 3.41. The Morgan fingerprint density at radius 2 is 2.20 bits per heavy atom. The molecule has 1 aromatic carbocycles. The van der Waals surface area contributed by atoms with Crippen LogP contribution in [0.5, 0.6) is 0 Å². The first-order chi connectivity index (χ1) is 12.1. The molecule has 1 amide bonds. The molecule has 1 aromatic heterocycles. The monoisotopic (exact) mass is 336 g/mol. The molecule has 0 spiro atoms. The first-order valence-corrected chi connectivity index (χ1v) is 8.42. The Morgan fingerprint density at radius 3 is 2.96 bits per heavy atom. The van der Waals surface area contributed by atoms with Gasteiger partial charge in [0.1, 0.15) is 5.84 Å². The van der Waals surface area contributed by atoms with E-state index in [0.29, 0.717) is 12.4 Å². The highest BCUT2D eigenvalue weighted by Crippen LogP contribution is 2.50. The number of benzene rings is 1. The van der Waals surface area contributed by atoms with Crippen LogP contribution in [0.2, 0.25) is 0 Å². The lowest BCUT2D eigenvalue weighted by Gasteiger charge is -2.33. The third-order valence-corrected chi connectivity index (χ3v) is 5.03. The number of ether oxygens (including phenoxy) is 1. The molecule has 0 unspecified atom stereocenters. The molecule has 1 N–H and O–H groups in total. The number of aromatic nitrogens is 2. The van der Waals surface area contributed by atoms with Gasteiger partial charge < -0.3 is 10.1 Å². The van der Waals surface area contributed by atoms with Crippen molar-refractivity contribution in [2.75, 3.05) is 6.61 Å². The highest BCUT2D eigenvalue weighted by atomic mass is 16.5. The lowest BCUT2D eigenvalue weighted by Crippen LogP contribution is -2.48. The summed E-state index contributed by atoms with van der Waals surface area (Å²) in [6.07, 6.45) is 5.41. The molecule has 3 heterocycles. The van der Waals surface area contributed by atoms with Crippen LogP contribution in [0, 0.1) is 5.41 Å². The first-order valence-electron chi connectivity index (χ1n) is 8.42. The molecular weight excluding hydrogens is 316 g/mol. The zero-order valence-corrected chi connectivity index (χ0v) is 14.3. The van der Waals surface area contributed by atoms with Crippen molar-refractivity contribution in [2.45, 2.75) is 32.8 Å². The maximum absolute atomic E-state index is 12.4.